The first-order valence-electron chi connectivity index (χ1n) is 5.27. The minimum Gasteiger partial charge on any atom is -0.396 e. The lowest BCUT2D eigenvalue weighted by atomic mass is 9.77. The number of nitrogens with zero attached hydrogens (tertiary/aromatic N) is 1. The molecule has 0 radical (unpaired) electrons. The molecule has 1 aliphatic carbocycles. The smallest absolute Gasteiger partial charge is 0.149 e. The fourth-order valence-electron chi connectivity index (χ4n) is 1.85. The summed E-state index contributed by atoms with van der Waals surface area (Å²) < 4.78 is 0. The molecule has 4 heteroatoms. The Morgan fingerprint density at radius 1 is 1.60 bits per heavy atom. The largest absolute Gasteiger partial charge is 0.396 e. The van der Waals surface area contributed by atoms with Crippen LogP contribution >= 0.6 is 0 Å². The van der Waals surface area contributed by atoms with Gasteiger partial charge in [0.1, 0.15) is 5.82 Å². The number of hydrogen-bond acceptors (Lipinski definition) is 4. The number of pyridine rings is 1. The van der Waals surface area contributed by atoms with Crippen molar-refractivity contribution >= 4 is 11.5 Å². The topological polar surface area (TPSA) is 71.2 Å². The molecule has 2 rings (SSSR count). The second-order valence-electron chi connectivity index (χ2n) is 4.31. The summed E-state index contributed by atoms with van der Waals surface area (Å²) in [4.78, 5) is 4.21. The molecule has 82 valence electrons. The fourth-order valence-corrected chi connectivity index (χ4v) is 1.85. The van der Waals surface area contributed by atoms with Crippen molar-refractivity contribution < 1.29 is 5.11 Å². The minimum absolute atomic E-state index is 0.141. The van der Waals surface area contributed by atoms with Crippen molar-refractivity contribution in [3.63, 3.8) is 0 Å². The summed E-state index contributed by atoms with van der Waals surface area (Å²) in [7, 11) is 0. The lowest BCUT2D eigenvalue weighted by molar-refractivity contribution is 0.144. The van der Waals surface area contributed by atoms with E-state index in [-0.39, 0.29) is 12.1 Å². The maximum Gasteiger partial charge on any atom is 0.149 e. The molecule has 0 atom stereocenters. The summed E-state index contributed by atoms with van der Waals surface area (Å²) >= 11 is 0. The zero-order valence-electron chi connectivity index (χ0n) is 8.95. The number of aliphatic hydroxyl groups is 1. The number of nitrogen functional groups attached to an aromatic ring is 1. The summed E-state index contributed by atoms with van der Waals surface area (Å²) in [5, 5.41) is 12.6. The van der Waals surface area contributed by atoms with E-state index >= 15 is 0 Å². The molecule has 4 N–H and O–H groups in total. The average molecular weight is 207 g/mol. The lowest BCUT2D eigenvalue weighted by Gasteiger charge is -2.41. The van der Waals surface area contributed by atoms with E-state index in [9.17, 15) is 5.11 Å². The van der Waals surface area contributed by atoms with Gasteiger partial charge in [0.05, 0.1) is 17.8 Å². The SMILES string of the molecule is Cc1ccnc(NC2(CO)CCC2)c1N. The number of nitrogens with one attached hydrogen (secondary N) is 1. The van der Waals surface area contributed by atoms with Gasteiger partial charge in [0.25, 0.3) is 0 Å². The van der Waals surface area contributed by atoms with Gasteiger partial charge in [-0.2, -0.15) is 0 Å². The van der Waals surface area contributed by atoms with Gasteiger partial charge in [-0.05, 0) is 37.8 Å². The Morgan fingerprint density at radius 2 is 2.33 bits per heavy atom. The maximum absolute atomic E-state index is 9.33. The molecule has 0 spiro atoms. The molecular weight excluding hydrogens is 190 g/mol. The van der Waals surface area contributed by atoms with E-state index in [1.54, 1.807) is 6.20 Å². The lowest BCUT2D eigenvalue weighted by Crippen LogP contribution is -2.48. The Labute approximate surface area is 89.5 Å². The van der Waals surface area contributed by atoms with Gasteiger partial charge in [-0.3, -0.25) is 0 Å². The number of nitrogens with two attached hydrogens (primary N) is 1. The third-order valence-electron chi connectivity index (χ3n) is 3.21. The van der Waals surface area contributed by atoms with Crippen LogP contribution in [0.3, 0.4) is 0 Å². The van der Waals surface area contributed by atoms with E-state index in [4.69, 9.17) is 5.73 Å². The fraction of sp³-hybridized carbons (Fsp3) is 0.545. The quantitative estimate of drug-likeness (QED) is 0.698. The van der Waals surface area contributed by atoms with Crippen molar-refractivity contribution in [2.24, 2.45) is 0 Å². The summed E-state index contributed by atoms with van der Waals surface area (Å²) in [5.41, 5.74) is 7.42. The third-order valence-corrected chi connectivity index (χ3v) is 3.21. The predicted octanol–water partition coefficient (Wildman–Crippen LogP) is 1.30. The Bertz CT molecular complexity index is 355. The van der Waals surface area contributed by atoms with E-state index in [2.05, 4.69) is 10.3 Å². The van der Waals surface area contributed by atoms with Crippen molar-refractivity contribution in [3.8, 4) is 0 Å². The van der Waals surface area contributed by atoms with E-state index in [1.807, 2.05) is 13.0 Å². The Morgan fingerprint density at radius 3 is 2.87 bits per heavy atom. The van der Waals surface area contributed by atoms with Crippen LogP contribution in [0.25, 0.3) is 0 Å². The number of aryl methyl sites for hydroxylation is 1. The van der Waals surface area contributed by atoms with Crippen LogP contribution in [-0.4, -0.2) is 22.2 Å². The highest BCUT2D eigenvalue weighted by atomic mass is 16.3. The normalized spacial score (nSPS) is 18.3. The van der Waals surface area contributed by atoms with E-state index in [0.717, 1.165) is 24.8 Å². The van der Waals surface area contributed by atoms with Crippen LogP contribution in [0.2, 0.25) is 0 Å². The standard InChI is InChI=1S/C11H17N3O/c1-8-3-6-13-10(9(8)12)14-11(7-15)4-2-5-11/h3,6,15H,2,4-5,7,12H2,1H3,(H,13,14). The van der Waals surface area contributed by atoms with Gasteiger partial charge >= 0.3 is 0 Å². The van der Waals surface area contributed by atoms with Crippen LogP contribution in [0.15, 0.2) is 12.3 Å². The predicted molar refractivity (Wildman–Crippen MR) is 60.7 cm³/mol. The molecule has 1 saturated carbocycles. The van der Waals surface area contributed by atoms with Crippen molar-refractivity contribution in [3.05, 3.63) is 17.8 Å². The van der Waals surface area contributed by atoms with Crippen LogP contribution in [0, 0.1) is 6.92 Å². The number of hydrogen-bond donors (Lipinski definition) is 3. The molecule has 1 aliphatic rings. The monoisotopic (exact) mass is 207 g/mol. The molecule has 0 aromatic carbocycles. The Balaban J connectivity index is 2.20. The van der Waals surface area contributed by atoms with Gasteiger partial charge in [0.15, 0.2) is 0 Å². The van der Waals surface area contributed by atoms with E-state index in [0.29, 0.717) is 11.5 Å². The first-order chi connectivity index (χ1) is 7.17. The zero-order valence-corrected chi connectivity index (χ0v) is 8.95. The molecule has 0 unspecified atom stereocenters. The first-order valence-corrected chi connectivity index (χ1v) is 5.27. The molecule has 1 heterocycles. The van der Waals surface area contributed by atoms with Crippen LogP contribution < -0.4 is 11.1 Å². The molecular formula is C11H17N3O. The molecule has 4 nitrogen and oxygen atoms in total. The summed E-state index contributed by atoms with van der Waals surface area (Å²) in [6, 6.07) is 1.88. The van der Waals surface area contributed by atoms with Gasteiger partial charge in [-0.15, -0.1) is 0 Å². The summed E-state index contributed by atoms with van der Waals surface area (Å²) in [6.07, 6.45) is 4.86. The zero-order chi connectivity index (χ0) is 10.9. The van der Waals surface area contributed by atoms with Crippen molar-refractivity contribution in [2.75, 3.05) is 17.7 Å². The van der Waals surface area contributed by atoms with Gasteiger partial charge in [0.2, 0.25) is 0 Å². The summed E-state index contributed by atoms with van der Waals surface area (Å²) in [6.45, 7) is 2.09. The molecule has 1 aromatic rings. The molecule has 0 aliphatic heterocycles. The second kappa shape index (κ2) is 3.70. The van der Waals surface area contributed by atoms with Crippen LogP contribution in [0.1, 0.15) is 24.8 Å². The van der Waals surface area contributed by atoms with Crippen molar-refractivity contribution in [2.45, 2.75) is 31.7 Å². The van der Waals surface area contributed by atoms with E-state index in [1.165, 1.54) is 0 Å². The number of aromatic nitrogens is 1. The van der Waals surface area contributed by atoms with Gasteiger partial charge < -0.3 is 16.2 Å². The highest BCUT2D eigenvalue weighted by Crippen LogP contribution is 2.35. The van der Waals surface area contributed by atoms with Crippen molar-refractivity contribution in [1.29, 1.82) is 0 Å². The Kier molecular flexibility index (Phi) is 2.52. The van der Waals surface area contributed by atoms with Gasteiger partial charge in [-0.1, -0.05) is 0 Å². The Hall–Kier alpha value is -1.29. The average Bonchev–Trinajstić information content (AvgIpc) is 2.18. The van der Waals surface area contributed by atoms with Crippen LogP contribution in [0.5, 0.6) is 0 Å². The van der Waals surface area contributed by atoms with E-state index < -0.39 is 0 Å². The maximum atomic E-state index is 9.33. The number of anilines is 2. The third kappa shape index (κ3) is 1.77. The molecule has 1 fully saturated rings. The first kappa shape index (κ1) is 10.2. The number of rotatable bonds is 3. The summed E-state index contributed by atoms with van der Waals surface area (Å²) in [5.74, 6) is 0.698. The van der Waals surface area contributed by atoms with Crippen LogP contribution in [0.4, 0.5) is 11.5 Å². The highest BCUT2D eigenvalue weighted by molar-refractivity contribution is 5.66. The van der Waals surface area contributed by atoms with Gasteiger partial charge in [0, 0.05) is 6.20 Å². The molecule has 0 bridgehead atoms. The van der Waals surface area contributed by atoms with Crippen LogP contribution in [-0.2, 0) is 0 Å². The second-order valence-corrected chi connectivity index (χ2v) is 4.31. The molecule has 0 saturated heterocycles. The highest BCUT2D eigenvalue weighted by Gasteiger charge is 2.36. The number of aliphatic hydroxyl groups excluding tert-OH is 1. The molecule has 15 heavy (non-hydrogen) atoms. The minimum atomic E-state index is -0.186. The molecule has 0 amide bonds. The van der Waals surface area contributed by atoms with Crippen molar-refractivity contribution in [1.82, 2.24) is 4.98 Å². The van der Waals surface area contributed by atoms with Gasteiger partial charge in [-0.25, -0.2) is 4.98 Å². The molecule has 1 aromatic heterocycles.